The number of carbonyl (C=O) groups excluding carboxylic acids is 1. The van der Waals surface area contributed by atoms with Crippen LogP contribution in [0.25, 0.3) is 0 Å². The standard InChI is InChI=1S/C24H26F6N4O/c1-34-10-9-18-14(13-34)3-2-4-19(18)22(35)32-16-7-5-15(6-8-16)31-17-11-20(23(25,26)27)33-21(12-17)24(28,29)30/h2-4,11-12,15-16H,5-10,13H2,1H3,(H,31,33)(H,32,35). The van der Waals surface area contributed by atoms with E-state index in [1.54, 1.807) is 0 Å². The van der Waals surface area contributed by atoms with E-state index >= 15 is 0 Å². The summed E-state index contributed by atoms with van der Waals surface area (Å²) in [5, 5.41) is 5.85. The van der Waals surface area contributed by atoms with Gasteiger partial charge in [0.25, 0.3) is 5.91 Å². The summed E-state index contributed by atoms with van der Waals surface area (Å²) in [6, 6.07) is 6.47. The lowest BCUT2D eigenvalue weighted by atomic mass is 9.90. The van der Waals surface area contributed by atoms with Gasteiger partial charge < -0.3 is 15.5 Å². The molecule has 2 aliphatic rings. The zero-order chi connectivity index (χ0) is 25.4. The summed E-state index contributed by atoms with van der Waals surface area (Å²) in [7, 11) is 2.03. The van der Waals surface area contributed by atoms with E-state index in [1.165, 1.54) is 0 Å². The van der Waals surface area contributed by atoms with Crippen molar-refractivity contribution in [2.75, 3.05) is 18.9 Å². The highest BCUT2D eigenvalue weighted by Crippen LogP contribution is 2.36. The van der Waals surface area contributed by atoms with Crippen LogP contribution in [0.15, 0.2) is 30.3 Å². The van der Waals surface area contributed by atoms with Crippen molar-refractivity contribution in [3.63, 3.8) is 0 Å². The first kappa shape index (κ1) is 25.3. The first-order valence-electron chi connectivity index (χ1n) is 11.4. The largest absolute Gasteiger partial charge is 0.433 e. The fourth-order valence-corrected chi connectivity index (χ4v) is 4.75. The summed E-state index contributed by atoms with van der Waals surface area (Å²) < 4.78 is 78.3. The maximum atomic E-state index is 13.1. The molecule has 2 heterocycles. The smallest absolute Gasteiger partial charge is 0.382 e. The Hall–Kier alpha value is -2.82. The van der Waals surface area contributed by atoms with Gasteiger partial charge >= 0.3 is 12.4 Å². The van der Waals surface area contributed by atoms with Crippen LogP contribution in [-0.4, -0.2) is 41.5 Å². The maximum absolute atomic E-state index is 13.1. The van der Waals surface area contributed by atoms with Gasteiger partial charge in [0.1, 0.15) is 11.4 Å². The van der Waals surface area contributed by atoms with Crippen molar-refractivity contribution < 1.29 is 31.1 Å². The van der Waals surface area contributed by atoms with Crippen molar-refractivity contribution >= 4 is 11.6 Å². The van der Waals surface area contributed by atoms with Gasteiger partial charge in [-0.15, -0.1) is 0 Å². The number of alkyl halides is 6. The van der Waals surface area contributed by atoms with Crippen LogP contribution in [0.5, 0.6) is 0 Å². The molecule has 1 saturated carbocycles. The summed E-state index contributed by atoms with van der Waals surface area (Å²) in [4.78, 5) is 17.9. The van der Waals surface area contributed by atoms with Crippen molar-refractivity contribution in [3.05, 3.63) is 58.4 Å². The lowest BCUT2D eigenvalue weighted by molar-refractivity contribution is -0.150. The molecular formula is C24H26F6N4O. The minimum absolute atomic E-state index is 0.114. The molecule has 1 aromatic heterocycles. The van der Waals surface area contributed by atoms with Gasteiger partial charge in [-0.3, -0.25) is 4.79 Å². The van der Waals surface area contributed by atoms with Crippen LogP contribution < -0.4 is 10.6 Å². The van der Waals surface area contributed by atoms with E-state index in [1.807, 2.05) is 25.2 Å². The number of hydrogen-bond donors (Lipinski definition) is 2. The third kappa shape index (κ3) is 6.06. The van der Waals surface area contributed by atoms with Crippen LogP contribution in [0.3, 0.4) is 0 Å². The number of nitrogens with zero attached hydrogens (tertiary/aromatic N) is 2. The molecule has 4 rings (SSSR count). The molecule has 0 unspecified atom stereocenters. The van der Waals surface area contributed by atoms with E-state index in [0.717, 1.165) is 30.6 Å². The van der Waals surface area contributed by atoms with Crippen LogP contribution >= 0.6 is 0 Å². The van der Waals surface area contributed by atoms with E-state index in [2.05, 4.69) is 20.5 Å². The van der Waals surface area contributed by atoms with Gasteiger partial charge in [0.15, 0.2) is 0 Å². The third-order valence-corrected chi connectivity index (χ3v) is 6.54. The predicted octanol–water partition coefficient (Wildman–Crippen LogP) is 5.26. The number of anilines is 1. The first-order chi connectivity index (χ1) is 16.4. The Bertz CT molecular complexity index is 1040. The van der Waals surface area contributed by atoms with Crippen LogP contribution in [0.4, 0.5) is 32.0 Å². The molecule has 11 heteroatoms. The van der Waals surface area contributed by atoms with Gasteiger partial charge in [-0.25, -0.2) is 4.98 Å². The highest BCUT2D eigenvalue weighted by Gasteiger charge is 2.39. The van der Waals surface area contributed by atoms with Gasteiger partial charge in [-0.2, -0.15) is 26.3 Å². The van der Waals surface area contributed by atoms with E-state index in [9.17, 15) is 31.1 Å². The number of benzene rings is 1. The van der Waals surface area contributed by atoms with Crippen molar-refractivity contribution in [2.45, 2.75) is 63.1 Å². The maximum Gasteiger partial charge on any atom is 0.433 e. The van der Waals surface area contributed by atoms with Crippen molar-refractivity contribution in [2.24, 2.45) is 0 Å². The van der Waals surface area contributed by atoms with Crippen LogP contribution in [0.1, 0.15) is 58.6 Å². The summed E-state index contributed by atoms with van der Waals surface area (Å²) in [5.74, 6) is -0.151. The zero-order valence-electron chi connectivity index (χ0n) is 19.1. The van der Waals surface area contributed by atoms with Crippen LogP contribution in [-0.2, 0) is 25.3 Å². The van der Waals surface area contributed by atoms with Crippen molar-refractivity contribution in [3.8, 4) is 0 Å². The second kappa shape index (κ2) is 9.67. The quantitative estimate of drug-likeness (QED) is 0.563. The number of aromatic nitrogens is 1. The molecule has 1 aromatic carbocycles. The van der Waals surface area contributed by atoms with Crippen molar-refractivity contribution in [1.82, 2.24) is 15.2 Å². The molecule has 0 saturated heterocycles. The molecule has 1 fully saturated rings. The predicted molar refractivity (Wildman–Crippen MR) is 118 cm³/mol. The Labute approximate surface area is 198 Å². The van der Waals surface area contributed by atoms with Gasteiger partial charge in [0.2, 0.25) is 0 Å². The minimum Gasteiger partial charge on any atom is -0.382 e. The summed E-state index contributed by atoms with van der Waals surface area (Å²) in [6.07, 6.45) is -7.09. The molecule has 35 heavy (non-hydrogen) atoms. The number of halogens is 6. The minimum atomic E-state index is -4.99. The normalized spacial score (nSPS) is 21.3. The molecule has 0 spiro atoms. The summed E-state index contributed by atoms with van der Waals surface area (Å²) >= 11 is 0. The fraction of sp³-hybridized carbons (Fsp3) is 0.500. The molecule has 1 amide bonds. The number of pyridine rings is 1. The van der Waals surface area contributed by atoms with E-state index in [0.29, 0.717) is 43.4 Å². The van der Waals surface area contributed by atoms with Gasteiger partial charge in [0, 0.05) is 36.4 Å². The SMILES string of the molecule is CN1CCc2c(cccc2C(=O)NC2CCC(Nc3cc(C(F)(F)F)nc(C(F)(F)F)c3)CC2)C1. The molecule has 0 bridgehead atoms. The second-order valence-corrected chi connectivity index (χ2v) is 9.22. The number of amides is 1. The zero-order valence-corrected chi connectivity index (χ0v) is 19.1. The monoisotopic (exact) mass is 500 g/mol. The molecule has 190 valence electrons. The van der Waals surface area contributed by atoms with Gasteiger partial charge in [0.05, 0.1) is 0 Å². The lowest BCUT2D eigenvalue weighted by Crippen LogP contribution is -2.41. The lowest BCUT2D eigenvalue weighted by Gasteiger charge is -2.31. The number of likely N-dealkylation sites (N-methyl/N-ethyl adjacent to an activating group) is 1. The average molecular weight is 500 g/mol. The molecule has 0 radical (unpaired) electrons. The highest BCUT2D eigenvalue weighted by molar-refractivity contribution is 5.96. The average Bonchev–Trinajstić information content (AvgIpc) is 2.78. The van der Waals surface area contributed by atoms with Crippen LogP contribution in [0.2, 0.25) is 0 Å². The number of nitrogens with one attached hydrogen (secondary N) is 2. The van der Waals surface area contributed by atoms with E-state index in [4.69, 9.17) is 0 Å². The molecule has 1 aliphatic heterocycles. The van der Waals surface area contributed by atoms with E-state index in [-0.39, 0.29) is 23.7 Å². The number of rotatable bonds is 4. The number of carbonyl (C=O) groups is 1. The topological polar surface area (TPSA) is 57.3 Å². The fourth-order valence-electron chi connectivity index (χ4n) is 4.75. The summed E-state index contributed by atoms with van der Waals surface area (Å²) in [5.41, 5.74) is -0.605. The Kier molecular flexibility index (Phi) is 6.99. The van der Waals surface area contributed by atoms with Gasteiger partial charge in [-0.1, -0.05) is 12.1 Å². The second-order valence-electron chi connectivity index (χ2n) is 9.22. The third-order valence-electron chi connectivity index (χ3n) is 6.54. The Morgan fingerprint density at radius 1 is 0.971 bits per heavy atom. The Morgan fingerprint density at radius 3 is 2.17 bits per heavy atom. The Balaban J connectivity index is 1.38. The summed E-state index contributed by atoms with van der Waals surface area (Å²) in [6.45, 7) is 1.66. The molecule has 2 aromatic rings. The first-order valence-corrected chi connectivity index (χ1v) is 11.4. The molecule has 2 N–H and O–H groups in total. The molecule has 5 nitrogen and oxygen atoms in total. The highest BCUT2D eigenvalue weighted by atomic mass is 19.4. The van der Waals surface area contributed by atoms with Crippen LogP contribution in [0, 0.1) is 0 Å². The Morgan fingerprint density at radius 2 is 1.57 bits per heavy atom. The number of fused-ring (bicyclic) bond motifs is 1. The molecule has 0 atom stereocenters. The van der Waals surface area contributed by atoms with Crippen molar-refractivity contribution in [1.29, 1.82) is 0 Å². The van der Waals surface area contributed by atoms with Gasteiger partial charge in [-0.05, 0) is 68.5 Å². The molecule has 1 aliphatic carbocycles. The molecular weight excluding hydrogens is 474 g/mol. The number of hydrogen-bond acceptors (Lipinski definition) is 4. The van der Waals surface area contributed by atoms with E-state index < -0.39 is 23.7 Å².